The van der Waals surface area contributed by atoms with Gasteiger partial charge in [-0.25, -0.2) is 4.39 Å². The summed E-state index contributed by atoms with van der Waals surface area (Å²) in [5.74, 6) is -0.357. The largest absolute Gasteiger partial charge is 0.321 e. The van der Waals surface area contributed by atoms with E-state index in [2.05, 4.69) is 4.98 Å². The molecule has 0 unspecified atom stereocenters. The zero-order valence-electron chi connectivity index (χ0n) is 12.8. The van der Waals surface area contributed by atoms with Crippen LogP contribution in [0.15, 0.2) is 83.7 Å². The zero-order chi connectivity index (χ0) is 16.5. The quantitative estimate of drug-likeness (QED) is 0.554. The van der Waals surface area contributed by atoms with Crippen LogP contribution in [-0.2, 0) is 0 Å². The smallest absolute Gasteiger partial charge is 0.256 e. The molecule has 3 aromatic carbocycles. The maximum absolute atomic E-state index is 13.9. The molecule has 0 bridgehead atoms. The van der Waals surface area contributed by atoms with Crippen molar-refractivity contribution in [1.82, 2.24) is 4.98 Å². The molecule has 0 aliphatic carbocycles. The highest BCUT2D eigenvalue weighted by molar-refractivity contribution is 6.02. The molecule has 0 saturated heterocycles. The van der Waals surface area contributed by atoms with Crippen molar-refractivity contribution in [3.8, 4) is 22.4 Å². The fourth-order valence-electron chi connectivity index (χ4n) is 3.03. The van der Waals surface area contributed by atoms with Crippen LogP contribution in [0, 0.1) is 5.82 Å². The lowest BCUT2D eigenvalue weighted by molar-refractivity contribution is 0.629. The van der Waals surface area contributed by atoms with Gasteiger partial charge in [0, 0.05) is 16.3 Å². The summed E-state index contributed by atoms with van der Waals surface area (Å²) in [6.45, 7) is 0. The Morgan fingerprint density at radius 1 is 0.708 bits per heavy atom. The number of fused-ring (bicyclic) bond motifs is 1. The predicted octanol–water partition coefficient (Wildman–Crippen LogP) is 5.00. The molecule has 0 fully saturated rings. The Balaban J connectivity index is 2.18. The standard InChI is InChI=1S/C21H14FNO/c22-16-11-12-17-18(13-16)19(14-7-3-1-4-8-14)20(23-21(17)24)15-9-5-2-6-10-15/h1-13H,(H,23,24). The zero-order valence-corrected chi connectivity index (χ0v) is 12.8. The molecule has 0 atom stereocenters. The van der Waals surface area contributed by atoms with Crippen LogP contribution < -0.4 is 5.56 Å². The number of hydrogen-bond donors (Lipinski definition) is 1. The molecule has 4 aromatic rings. The minimum atomic E-state index is -0.357. The van der Waals surface area contributed by atoms with E-state index in [1.165, 1.54) is 18.2 Å². The maximum Gasteiger partial charge on any atom is 0.256 e. The molecule has 4 rings (SSSR count). The van der Waals surface area contributed by atoms with Crippen molar-refractivity contribution in [1.29, 1.82) is 0 Å². The van der Waals surface area contributed by atoms with Gasteiger partial charge in [0.05, 0.1) is 5.69 Å². The molecule has 0 aliphatic heterocycles. The summed E-state index contributed by atoms with van der Waals surface area (Å²) in [4.78, 5) is 15.5. The summed E-state index contributed by atoms with van der Waals surface area (Å²) < 4.78 is 13.9. The molecule has 1 heterocycles. The van der Waals surface area contributed by atoms with E-state index in [-0.39, 0.29) is 11.4 Å². The number of benzene rings is 3. The number of halogens is 1. The monoisotopic (exact) mass is 315 g/mol. The van der Waals surface area contributed by atoms with Crippen molar-refractivity contribution >= 4 is 10.8 Å². The van der Waals surface area contributed by atoms with Crippen molar-refractivity contribution in [3.63, 3.8) is 0 Å². The van der Waals surface area contributed by atoms with E-state index < -0.39 is 0 Å². The second kappa shape index (κ2) is 5.78. The average molecular weight is 315 g/mol. The number of aromatic amines is 1. The van der Waals surface area contributed by atoms with Crippen LogP contribution in [0.4, 0.5) is 4.39 Å². The van der Waals surface area contributed by atoms with Crippen LogP contribution in [-0.4, -0.2) is 4.98 Å². The summed E-state index contributed by atoms with van der Waals surface area (Å²) in [5, 5.41) is 1.10. The highest BCUT2D eigenvalue weighted by Gasteiger charge is 2.15. The van der Waals surface area contributed by atoms with E-state index in [4.69, 9.17) is 0 Å². The van der Waals surface area contributed by atoms with Gasteiger partial charge in [0.2, 0.25) is 0 Å². The summed E-state index contributed by atoms with van der Waals surface area (Å²) in [5.41, 5.74) is 3.13. The van der Waals surface area contributed by atoms with Gasteiger partial charge >= 0.3 is 0 Å². The lowest BCUT2D eigenvalue weighted by atomic mass is 9.94. The van der Waals surface area contributed by atoms with Crippen LogP contribution in [0.2, 0.25) is 0 Å². The predicted molar refractivity (Wildman–Crippen MR) is 95.4 cm³/mol. The van der Waals surface area contributed by atoms with E-state index in [1.807, 2.05) is 60.7 Å². The Kier molecular flexibility index (Phi) is 3.47. The van der Waals surface area contributed by atoms with Crippen LogP contribution in [0.3, 0.4) is 0 Å². The minimum Gasteiger partial charge on any atom is -0.321 e. The van der Waals surface area contributed by atoms with E-state index in [1.54, 1.807) is 0 Å². The van der Waals surface area contributed by atoms with Crippen LogP contribution in [0.25, 0.3) is 33.2 Å². The third-order valence-corrected chi connectivity index (χ3v) is 4.11. The number of H-pyrrole nitrogens is 1. The Morgan fingerprint density at radius 3 is 2.00 bits per heavy atom. The molecule has 116 valence electrons. The van der Waals surface area contributed by atoms with Gasteiger partial charge in [0.25, 0.3) is 5.56 Å². The first-order valence-corrected chi connectivity index (χ1v) is 7.70. The second-order valence-corrected chi connectivity index (χ2v) is 5.63. The Hall–Kier alpha value is -3.20. The Morgan fingerprint density at radius 2 is 1.33 bits per heavy atom. The number of hydrogen-bond acceptors (Lipinski definition) is 1. The molecular weight excluding hydrogens is 301 g/mol. The molecule has 0 saturated carbocycles. The van der Waals surface area contributed by atoms with Crippen molar-refractivity contribution < 1.29 is 4.39 Å². The van der Waals surface area contributed by atoms with Crippen LogP contribution >= 0.6 is 0 Å². The highest BCUT2D eigenvalue weighted by atomic mass is 19.1. The first-order valence-electron chi connectivity index (χ1n) is 7.70. The molecule has 3 heteroatoms. The van der Waals surface area contributed by atoms with Gasteiger partial charge < -0.3 is 4.98 Å². The van der Waals surface area contributed by atoms with Gasteiger partial charge in [-0.15, -0.1) is 0 Å². The lowest BCUT2D eigenvalue weighted by Crippen LogP contribution is -2.09. The fraction of sp³-hybridized carbons (Fsp3) is 0. The van der Waals surface area contributed by atoms with Crippen molar-refractivity contribution in [2.45, 2.75) is 0 Å². The molecule has 1 aromatic heterocycles. The topological polar surface area (TPSA) is 32.9 Å². The first kappa shape index (κ1) is 14.4. The third kappa shape index (κ3) is 2.40. The van der Waals surface area contributed by atoms with Crippen molar-refractivity contribution in [2.75, 3.05) is 0 Å². The SMILES string of the molecule is O=c1[nH]c(-c2ccccc2)c(-c2ccccc2)c2cc(F)ccc12. The molecule has 0 aliphatic rings. The van der Waals surface area contributed by atoms with Crippen molar-refractivity contribution in [2.24, 2.45) is 0 Å². The van der Waals surface area contributed by atoms with Crippen LogP contribution in [0.5, 0.6) is 0 Å². The molecule has 1 N–H and O–H groups in total. The molecule has 0 amide bonds. The molecular formula is C21H14FNO. The normalized spacial score (nSPS) is 10.9. The first-order chi connectivity index (χ1) is 11.7. The maximum atomic E-state index is 13.9. The van der Waals surface area contributed by atoms with Gasteiger partial charge in [-0.05, 0) is 29.3 Å². The molecule has 2 nitrogen and oxygen atoms in total. The van der Waals surface area contributed by atoms with Gasteiger partial charge in [-0.1, -0.05) is 60.7 Å². The van der Waals surface area contributed by atoms with E-state index in [0.29, 0.717) is 16.5 Å². The fourth-order valence-corrected chi connectivity index (χ4v) is 3.03. The highest BCUT2D eigenvalue weighted by Crippen LogP contribution is 2.35. The third-order valence-electron chi connectivity index (χ3n) is 4.11. The van der Waals surface area contributed by atoms with E-state index >= 15 is 0 Å². The average Bonchev–Trinajstić information content (AvgIpc) is 2.63. The molecule has 0 spiro atoms. The number of pyridine rings is 1. The second-order valence-electron chi connectivity index (χ2n) is 5.63. The Labute approximate surface area is 138 Å². The minimum absolute atomic E-state index is 0.219. The van der Waals surface area contributed by atoms with Gasteiger partial charge in [-0.3, -0.25) is 4.79 Å². The summed E-state index contributed by atoms with van der Waals surface area (Å²) in [6.07, 6.45) is 0. The van der Waals surface area contributed by atoms with Crippen molar-refractivity contribution in [3.05, 3.63) is 95.0 Å². The lowest BCUT2D eigenvalue weighted by Gasteiger charge is -2.13. The summed E-state index contributed by atoms with van der Waals surface area (Å²) in [6, 6.07) is 23.6. The molecule has 0 radical (unpaired) electrons. The van der Waals surface area contributed by atoms with E-state index in [9.17, 15) is 9.18 Å². The summed E-state index contributed by atoms with van der Waals surface area (Å²) in [7, 11) is 0. The number of rotatable bonds is 2. The molecule has 24 heavy (non-hydrogen) atoms. The van der Waals surface area contributed by atoms with Crippen LogP contribution in [0.1, 0.15) is 0 Å². The van der Waals surface area contributed by atoms with Gasteiger partial charge in [0.1, 0.15) is 5.82 Å². The van der Waals surface area contributed by atoms with Gasteiger partial charge in [-0.2, -0.15) is 0 Å². The Bertz CT molecular complexity index is 1070. The number of nitrogens with one attached hydrogen (secondary N) is 1. The van der Waals surface area contributed by atoms with Gasteiger partial charge in [0.15, 0.2) is 0 Å². The van der Waals surface area contributed by atoms with E-state index in [0.717, 1.165) is 16.7 Å². The summed E-state index contributed by atoms with van der Waals surface area (Å²) >= 11 is 0. The number of aromatic nitrogens is 1.